The van der Waals surface area contributed by atoms with Crippen LogP contribution < -0.4 is 0 Å². The highest BCUT2D eigenvalue weighted by molar-refractivity contribution is 5.95. The lowest BCUT2D eigenvalue weighted by Gasteiger charge is -2.32. The topological polar surface area (TPSA) is 107 Å². The van der Waals surface area contributed by atoms with Crippen LogP contribution in [0.2, 0.25) is 0 Å². The van der Waals surface area contributed by atoms with Crippen molar-refractivity contribution in [2.45, 2.75) is 18.8 Å². The van der Waals surface area contributed by atoms with Crippen molar-refractivity contribution < 1.29 is 14.6 Å². The Hall–Kier alpha value is -3.29. The SMILES string of the molecule is O=C(c1cc([N+](=O)[O-])cc([N+](=O)[O-])c1)N1CCC(c2ccccc2)CC1. The molecule has 0 unspecified atom stereocenters. The van der Waals surface area contributed by atoms with Crippen molar-refractivity contribution in [3.8, 4) is 0 Å². The number of hydrogen-bond donors (Lipinski definition) is 0. The van der Waals surface area contributed by atoms with Gasteiger partial charge in [0, 0.05) is 25.2 Å². The minimum absolute atomic E-state index is 0.0240. The molecular formula is C18H17N3O5. The van der Waals surface area contributed by atoms with Gasteiger partial charge in [0.05, 0.1) is 21.5 Å². The fourth-order valence-corrected chi connectivity index (χ4v) is 3.25. The maximum atomic E-state index is 12.7. The van der Waals surface area contributed by atoms with Crippen molar-refractivity contribution in [3.63, 3.8) is 0 Å². The molecule has 2 aromatic carbocycles. The van der Waals surface area contributed by atoms with Crippen LogP contribution in [-0.2, 0) is 0 Å². The molecule has 8 nitrogen and oxygen atoms in total. The van der Waals surface area contributed by atoms with Crippen LogP contribution in [0, 0.1) is 20.2 Å². The van der Waals surface area contributed by atoms with E-state index in [1.54, 1.807) is 4.90 Å². The van der Waals surface area contributed by atoms with E-state index < -0.39 is 27.1 Å². The first-order valence-electron chi connectivity index (χ1n) is 8.24. The molecule has 0 saturated carbocycles. The number of nitrogens with zero attached hydrogens (tertiary/aromatic N) is 3. The van der Waals surface area contributed by atoms with Crippen LogP contribution in [0.3, 0.4) is 0 Å². The fraction of sp³-hybridized carbons (Fsp3) is 0.278. The molecule has 0 bridgehead atoms. The van der Waals surface area contributed by atoms with Gasteiger partial charge in [-0.3, -0.25) is 25.0 Å². The van der Waals surface area contributed by atoms with Gasteiger partial charge in [0.2, 0.25) is 0 Å². The van der Waals surface area contributed by atoms with Crippen molar-refractivity contribution in [1.29, 1.82) is 0 Å². The smallest absolute Gasteiger partial charge is 0.277 e. The minimum atomic E-state index is -0.731. The molecule has 2 aromatic rings. The molecule has 1 saturated heterocycles. The van der Waals surface area contributed by atoms with Gasteiger partial charge in [0.15, 0.2) is 0 Å². The molecule has 0 radical (unpaired) electrons. The van der Waals surface area contributed by atoms with Gasteiger partial charge in [-0.25, -0.2) is 0 Å². The van der Waals surface area contributed by atoms with Crippen LogP contribution in [0.25, 0.3) is 0 Å². The van der Waals surface area contributed by atoms with Crippen molar-refractivity contribution >= 4 is 17.3 Å². The van der Waals surface area contributed by atoms with Crippen molar-refractivity contribution in [1.82, 2.24) is 4.90 Å². The number of carbonyl (C=O) groups excluding carboxylic acids is 1. The highest BCUT2D eigenvalue weighted by atomic mass is 16.6. The molecule has 1 heterocycles. The monoisotopic (exact) mass is 355 g/mol. The summed E-state index contributed by atoms with van der Waals surface area (Å²) in [7, 11) is 0. The Bertz CT molecular complexity index is 813. The van der Waals surface area contributed by atoms with E-state index in [0.29, 0.717) is 19.0 Å². The van der Waals surface area contributed by atoms with Crippen LogP contribution in [0.15, 0.2) is 48.5 Å². The Morgan fingerprint density at radius 2 is 1.46 bits per heavy atom. The lowest BCUT2D eigenvalue weighted by atomic mass is 9.89. The molecule has 26 heavy (non-hydrogen) atoms. The van der Waals surface area contributed by atoms with E-state index in [1.807, 2.05) is 18.2 Å². The molecule has 1 aliphatic heterocycles. The number of benzene rings is 2. The zero-order valence-electron chi connectivity index (χ0n) is 13.9. The van der Waals surface area contributed by atoms with Crippen LogP contribution in [-0.4, -0.2) is 33.7 Å². The Balaban J connectivity index is 1.76. The first kappa shape index (κ1) is 17.5. The highest BCUT2D eigenvalue weighted by Gasteiger charge is 2.27. The highest BCUT2D eigenvalue weighted by Crippen LogP contribution is 2.29. The third-order valence-electron chi connectivity index (χ3n) is 4.62. The van der Waals surface area contributed by atoms with E-state index in [-0.39, 0.29) is 5.56 Å². The zero-order chi connectivity index (χ0) is 18.7. The van der Waals surface area contributed by atoms with Gasteiger partial charge in [0.25, 0.3) is 17.3 Å². The minimum Gasteiger partial charge on any atom is -0.339 e. The zero-order valence-corrected chi connectivity index (χ0v) is 13.9. The number of amides is 1. The van der Waals surface area contributed by atoms with E-state index in [2.05, 4.69) is 12.1 Å². The number of hydrogen-bond acceptors (Lipinski definition) is 5. The largest absolute Gasteiger partial charge is 0.339 e. The van der Waals surface area contributed by atoms with Gasteiger partial charge in [-0.15, -0.1) is 0 Å². The maximum absolute atomic E-state index is 12.7. The Kier molecular flexibility index (Phi) is 4.92. The molecule has 1 aliphatic rings. The fourth-order valence-electron chi connectivity index (χ4n) is 3.25. The Labute approximate surface area is 149 Å². The van der Waals surface area contributed by atoms with Gasteiger partial charge < -0.3 is 4.90 Å². The first-order chi connectivity index (χ1) is 12.5. The molecule has 0 aromatic heterocycles. The van der Waals surface area contributed by atoms with Gasteiger partial charge in [-0.05, 0) is 24.3 Å². The van der Waals surface area contributed by atoms with Gasteiger partial charge in [-0.2, -0.15) is 0 Å². The molecule has 1 fully saturated rings. The average molecular weight is 355 g/mol. The Morgan fingerprint density at radius 1 is 0.923 bits per heavy atom. The second kappa shape index (κ2) is 7.30. The summed E-state index contributed by atoms with van der Waals surface area (Å²) in [4.78, 5) is 34.8. The van der Waals surface area contributed by atoms with Crippen LogP contribution in [0.5, 0.6) is 0 Å². The number of likely N-dealkylation sites (tertiary alicyclic amines) is 1. The summed E-state index contributed by atoms with van der Waals surface area (Å²) in [6.45, 7) is 1.02. The molecule has 0 aliphatic carbocycles. The van der Waals surface area contributed by atoms with Crippen molar-refractivity contribution in [2.75, 3.05) is 13.1 Å². The second-order valence-corrected chi connectivity index (χ2v) is 6.23. The summed E-state index contributed by atoms with van der Waals surface area (Å²) in [5.74, 6) is -0.0528. The van der Waals surface area contributed by atoms with Gasteiger partial charge >= 0.3 is 0 Å². The lowest BCUT2D eigenvalue weighted by Crippen LogP contribution is -2.38. The van der Waals surface area contributed by atoms with Crippen molar-refractivity contribution in [3.05, 3.63) is 79.9 Å². The average Bonchev–Trinajstić information content (AvgIpc) is 2.67. The number of nitro benzene ring substituents is 2. The molecule has 134 valence electrons. The number of piperidine rings is 1. The molecule has 0 N–H and O–H groups in total. The molecule has 0 spiro atoms. The summed E-state index contributed by atoms with van der Waals surface area (Å²) >= 11 is 0. The lowest BCUT2D eigenvalue weighted by molar-refractivity contribution is -0.394. The maximum Gasteiger partial charge on any atom is 0.277 e. The molecule has 3 rings (SSSR count). The molecule has 0 atom stereocenters. The third-order valence-corrected chi connectivity index (χ3v) is 4.62. The third kappa shape index (κ3) is 3.69. The van der Waals surface area contributed by atoms with Crippen LogP contribution in [0.4, 0.5) is 11.4 Å². The summed E-state index contributed by atoms with van der Waals surface area (Å²) in [6.07, 6.45) is 1.57. The van der Waals surface area contributed by atoms with Crippen molar-refractivity contribution in [2.24, 2.45) is 0 Å². The standard InChI is InChI=1S/C18H17N3O5/c22-18(15-10-16(20(23)24)12-17(11-15)21(25)26)19-8-6-14(7-9-19)13-4-2-1-3-5-13/h1-5,10-12,14H,6-9H2. The van der Waals surface area contributed by atoms with Gasteiger partial charge in [-0.1, -0.05) is 30.3 Å². The number of carbonyl (C=O) groups is 1. The van der Waals surface area contributed by atoms with Crippen LogP contribution in [0.1, 0.15) is 34.7 Å². The predicted molar refractivity (Wildman–Crippen MR) is 94.1 cm³/mol. The van der Waals surface area contributed by atoms with E-state index >= 15 is 0 Å². The predicted octanol–water partition coefficient (Wildman–Crippen LogP) is 3.52. The molecule has 8 heteroatoms. The summed E-state index contributed by atoms with van der Waals surface area (Å²) in [5, 5.41) is 22.0. The number of non-ortho nitro benzene ring substituents is 2. The first-order valence-corrected chi connectivity index (χ1v) is 8.24. The van der Waals surface area contributed by atoms with E-state index in [0.717, 1.165) is 31.0 Å². The summed E-state index contributed by atoms with van der Waals surface area (Å²) in [6, 6.07) is 13.1. The molecular weight excluding hydrogens is 338 g/mol. The summed E-state index contributed by atoms with van der Waals surface area (Å²) < 4.78 is 0. The van der Waals surface area contributed by atoms with Crippen LogP contribution >= 0.6 is 0 Å². The molecule has 1 amide bonds. The number of rotatable bonds is 4. The van der Waals surface area contributed by atoms with E-state index in [9.17, 15) is 25.0 Å². The van der Waals surface area contributed by atoms with E-state index in [1.165, 1.54) is 5.56 Å². The van der Waals surface area contributed by atoms with E-state index in [4.69, 9.17) is 0 Å². The van der Waals surface area contributed by atoms with Gasteiger partial charge in [0.1, 0.15) is 0 Å². The number of nitro groups is 2. The normalized spacial score (nSPS) is 14.8. The second-order valence-electron chi connectivity index (χ2n) is 6.23. The Morgan fingerprint density at radius 3 is 1.96 bits per heavy atom. The quantitative estimate of drug-likeness (QED) is 0.616. The summed E-state index contributed by atoms with van der Waals surface area (Å²) in [5.41, 5.74) is 0.290.